The van der Waals surface area contributed by atoms with E-state index in [1.165, 1.54) is 0 Å². The standard InChI is InChI=1S/C12H14BrNO2/c13-7-8-14(9-5-6-9)12(16)10-3-1-2-4-11(10)15/h1-4,9,15H,5-8H2. The number of rotatable bonds is 4. The van der Waals surface area contributed by atoms with Crippen LogP contribution >= 0.6 is 15.9 Å². The van der Waals surface area contributed by atoms with Crippen molar-refractivity contribution < 1.29 is 9.90 Å². The minimum Gasteiger partial charge on any atom is -0.507 e. The van der Waals surface area contributed by atoms with E-state index in [1.54, 1.807) is 24.3 Å². The summed E-state index contributed by atoms with van der Waals surface area (Å²) in [5, 5.41) is 10.4. The Bertz CT molecular complexity index is 390. The summed E-state index contributed by atoms with van der Waals surface area (Å²) in [7, 11) is 0. The number of phenolic OH excluding ortho intramolecular Hbond substituents is 1. The lowest BCUT2D eigenvalue weighted by atomic mass is 10.1. The lowest BCUT2D eigenvalue weighted by molar-refractivity contribution is 0.0751. The molecule has 1 aliphatic rings. The van der Waals surface area contributed by atoms with Gasteiger partial charge in [-0.25, -0.2) is 0 Å². The number of amides is 1. The quantitative estimate of drug-likeness (QED) is 0.862. The summed E-state index contributed by atoms with van der Waals surface area (Å²) in [6, 6.07) is 7.07. The van der Waals surface area contributed by atoms with E-state index in [9.17, 15) is 9.90 Å². The van der Waals surface area contributed by atoms with Crippen molar-refractivity contribution in [3.63, 3.8) is 0 Å². The van der Waals surface area contributed by atoms with Gasteiger partial charge in [0, 0.05) is 17.9 Å². The van der Waals surface area contributed by atoms with Crippen molar-refractivity contribution in [2.75, 3.05) is 11.9 Å². The Morgan fingerprint density at radius 3 is 2.69 bits per heavy atom. The van der Waals surface area contributed by atoms with Crippen LogP contribution in [0.15, 0.2) is 24.3 Å². The lowest BCUT2D eigenvalue weighted by Crippen LogP contribution is -2.34. The van der Waals surface area contributed by atoms with Crippen LogP contribution in [0.1, 0.15) is 23.2 Å². The molecule has 0 aliphatic heterocycles. The van der Waals surface area contributed by atoms with Gasteiger partial charge in [0.25, 0.3) is 5.91 Å². The normalized spacial score (nSPS) is 14.8. The number of carbonyl (C=O) groups excluding carboxylic acids is 1. The average Bonchev–Trinajstić information content (AvgIpc) is 3.09. The fourth-order valence-corrected chi connectivity index (χ4v) is 2.12. The smallest absolute Gasteiger partial charge is 0.257 e. The highest BCUT2D eigenvalue weighted by molar-refractivity contribution is 9.09. The average molecular weight is 284 g/mol. The fourth-order valence-electron chi connectivity index (χ4n) is 1.74. The van der Waals surface area contributed by atoms with Crippen LogP contribution in [-0.2, 0) is 0 Å². The van der Waals surface area contributed by atoms with E-state index in [4.69, 9.17) is 0 Å². The largest absolute Gasteiger partial charge is 0.507 e. The van der Waals surface area contributed by atoms with Crippen LogP contribution in [0.3, 0.4) is 0 Å². The first-order valence-electron chi connectivity index (χ1n) is 5.39. The van der Waals surface area contributed by atoms with Crippen molar-refractivity contribution in [1.82, 2.24) is 4.90 Å². The summed E-state index contributed by atoms with van der Waals surface area (Å²) in [6.45, 7) is 0.692. The molecule has 0 radical (unpaired) electrons. The van der Waals surface area contributed by atoms with Gasteiger partial charge in [0.2, 0.25) is 0 Å². The van der Waals surface area contributed by atoms with E-state index in [2.05, 4.69) is 15.9 Å². The highest BCUT2D eigenvalue weighted by atomic mass is 79.9. The van der Waals surface area contributed by atoms with Crippen molar-refractivity contribution >= 4 is 21.8 Å². The van der Waals surface area contributed by atoms with Gasteiger partial charge in [-0.3, -0.25) is 4.79 Å². The van der Waals surface area contributed by atoms with Gasteiger partial charge in [0.1, 0.15) is 5.75 Å². The van der Waals surface area contributed by atoms with Crippen molar-refractivity contribution in [2.45, 2.75) is 18.9 Å². The first kappa shape index (κ1) is 11.5. The second kappa shape index (κ2) is 4.87. The Balaban J connectivity index is 2.19. The molecule has 1 aromatic carbocycles. The third-order valence-corrected chi connectivity index (χ3v) is 3.06. The predicted octanol–water partition coefficient (Wildman–Crippen LogP) is 2.39. The Labute approximate surface area is 103 Å². The molecule has 0 saturated heterocycles. The van der Waals surface area contributed by atoms with Gasteiger partial charge in [0.05, 0.1) is 5.56 Å². The summed E-state index contributed by atoms with van der Waals surface area (Å²) in [5.74, 6) is -0.00669. The number of para-hydroxylation sites is 1. The van der Waals surface area contributed by atoms with E-state index in [1.807, 2.05) is 4.90 Å². The van der Waals surface area contributed by atoms with Gasteiger partial charge in [0.15, 0.2) is 0 Å². The number of benzene rings is 1. The van der Waals surface area contributed by atoms with Crippen LogP contribution in [0.25, 0.3) is 0 Å². The SMILES string of the molecule is O=C(c1ccccc1O)N(CCBr)C1CC1. The van der Waals surface area contributed by atoms with Crippen LogP contribution in [0.4, 0.5) is 0 Å². The van der Waals surface area contributed by atoms with Crippen LogP contribution < -0.4 is 0 Å². The minimum atomic E-state index is -0.0694. The third-order valence-electron chi connectivity index (χ3n) is 2.71. The predicted molar refractivity (Wildman–Crippen MR) is 66.0 cm³/mol. The molecule has 1 N–H and O–H groups in total. The molecule has 16 heavy (non-hydrogen) atoms. The summed E-state index contributed by atoms with van der Waals surface area (Å²) >= 11 is 3.35. The maximum absolute atomic E-state index is 12.2. The number of carbonyl (C=O) groups is 1. The summed E-state index contributed by atoms with van der Waals surface area (Å²) in [5.41, 5.74) is 0.398. The van der Waals surface area contributed by atoms with Gasteiger partial charge in [-0.15, -0.1) is 0 Å². The Hall–Kier alpha value is -1.03. The van der Waals surface area contributed by atoms with Gasteiger partial charge in [-0.05, 0) is 25.0 Å². The zero-order valence-electron chi connectivity index (χ0n) is 8.90. The fraction of sp³-hybridized carbons (Fsp3) is 0.417. The third kappa shape index (κ3) is 2.38. The van der Waals surface area contributed by atoms with Gasteiger partial charge < -0.3 is 10.0 Å². The van der Waals surface area contributed by atoms with Crippen molar-refractivity contribution in [3.8, 4) is 5.75 Å². The number of aromatic hydroxyl groups is 1. The van der Waals surface area contributed by atoms with E-state index in [-0.39, 0.29) is 11.7 Å². The number of alkyl halides is 1. The van der Waals surface area contributed by atoms with E-state index in [0.29, 0.717) is 18.2 Å². The van der Waals surface area contributed by atoms with Gasteiger partial charge in [-0.2, -0.15) is 0 Å². The molecule has 4 heteroatoms. The minimum absolute atomic E-state index is 0.0627. The number of nitrogens with zero attached hydrogens (tertiary/aromatic N) is 1. The molecular weight excluding hydrogens is 270 g/mol. The van der Waals surface area contributed by atoms with Crippen molar-refractivity contribution in [1.29, 1.82) is 0 Å². The van der Waals surface area contributed by atoms with Crippen LogP contribution in [0.5, 0.6) is 5.75 Å². The Kier molecular flexibility index (Phi) is 3.49. The highest BCUT2D eigenvalue weighted by Gasteiger charge is 2.33. The molecule has 1 aromatic rings. The zero-order valence-corrected chi connectivity index (χ0v) is 10.5. The molecule has 0 aromatic heterocycles. The molecule has 1 amide bonds. The topological polar surface area (TPSA) is 40.5 Å². The van der Waals surface area contributed by atoms with E-state index < -0.39 is 0 Å². The number of halogens is 1. The molecule has 0 heterocycles. The maximum atomic E-state index is 12.2. The van der Waals surface area contributed by atoms with E-state index >= 15 is 0 Å². The molecule has 0 bridgehead atoms. The summed E-state index contributed by atoms with van der Waals surface area (Å²) < 4.78 is 0. The Morgan fingerprint density at radius 2 is 2.12 bits per heavy atom. The molecule has 0 unspecified atom stereocenters. The van der Waals surface area contributed by atoms with Gasteiger partial charge >= 0.3 is 0 Å². The van der Waals surface area contributed by atoms with Crippen molar-refractivity contribution in [2.24, 2.45) is 0 Å². The first-order chi connectivity index (χ1) is 7.74. The van der Waals surface area contributed by atoms with E-state index in [0.717, 1.165) is 18.2 Å². The molecule has 3 nitrogen and oxygen atoms in total. The monoisotopic (exact) mass is 283 g/mol. The molecule has 86 valence electrons. The summed E-state index contributed by atoms with van der Waals surface area (Å²) in [4.78, 5) is 14.0. The maximum Gasteiger partial charge on any atom is 0.257 e. The molecule has 0 atom stereocenters. The molecule has 1 aliphatic carbocycles. The number of hydrogen-bond donors (Lipinski definition) is 1. The highest BCUT2D eigenvalue weighted by Crippen LogP contribution is 2.29. The zero-order chi connectivity index (χ0) is 11.5. The second-order valence-corrected chi connectivity index (χ2v) is 4.73. The molecule has 1 saturated carbocycles. The lowest BCUT2D eigenvalue weighted by Gasteiger charge is -2.21. The van der Waals surface area contributed by atoms with Crippen LogP contribution in [0.2, 0.25) is 0 Å². The molecule has 2 rings (SSSR count). The second-order valence-electron chi connectivity index (χ2n) is 3.94. The number of hydrogen-bond acceptors (Lipinski definition) is 2. The van der Waals surface area contributed by atoms with Gasteiger partial charge in [-0.1, -0.05) is 28.1 Å². The molecular formula is C12H14BrNO2. The Morgan fingerprint density at radius 1 is 1.44 bits per heavy atom. The number of phenols is 1. The summed E-state index contributed by atoms with van der Waals surface area (Å²) in [6.07, 6.45) is 2.15. The first-order valence-corrected chi connectivity index (χ1v) is 6.51. The molecule has 1 fully saturated rings. The van der Waals surface area contributed by atoms with Crippen LogP contribution in [-0.4, -0.2) is 33.8 Å². The molecule has 0 spiro atoms. The van der Waals surface area contributed by atoms with Crippen molar-refractivity contribution in [3.05, 3.63) is 29.8 Å². The van der Waals surface area contributed by atoms with Crippen LogP contribution in [0, 0.1) is 0 Å².